The number of hydrogen-bond donors (Lipinski definition) is 1. The van der Waals surface area contributed by atoms with E-state index in [0.29, 0.717) is 24.3 Å². The second kappa shape index (κ2) is 7.90. The maximum atomic E-state index is 5.98. The first-order valence-electron chi connectivity index (χ1n) is 7.97. The lowest BCUT2D eigenvalue weighted by Gasteiger charge is -2.16. The maximum absolute atomic E-state index is 5.98. The molecule has 2 aromatic rings. The van der Waals surface area contributed by atoms with Crippen LogP contribution in [0.3, 0.4) is 0 Å². The Labute approximate surface area is 143 Å². The van der Waals surface area contributed by atoms with Gasteiger partial charge in [0.05, 0.1) is 6.54 Å². The Hall–Kier alpha value is -1.43. The summed E-state index contributed by atoms with van der Waals surface area (Å²) in [5, 5.41) is 4.09. The molecule has 1 aliphatic rings. The molecule has 0 amide bonds. The Morgan fingerprint density at radius 1 is 1.26 bits per heavy atom. The predicted octanol–water partition coefficient (Wildman–Crippen LogP) is 2.79. The molecule has 23 heavy (non-hydrogen) atoms. The normalized spacial score (nSPS) is 21.6. The SMILES string of the molecule is CC(C)c1nc(CN2C[C@@H](CN)[C@H](c3ccccc3)C2)no1.Cl. The van der Waals surface area contributed by atoms with Gasteiger partial charge in [-0.05, 0) is 18.0 Å². The largest absolute Gasteiger partial charge is 0.339 e. The van der Waals surface area contributed by atoms with Crippen LogP contribution in [0.15, 0.2) is 34.9 Å². The first-order valence-corrected chi connectivity index (χ1v) is 7.97. The van der Waals surface area contributed by atoms with Gasteiger partial charge in [0, 0.05) is 24.9 Å². The topological polar surface area (TPSA) is 68.2 Å². The van der Waals surface area contributed by atoms with Crippen molar-refractivity contribution in [2.45, 2.75) is 32.2 Å². The van der Waals surface area contributed by atoms with Crippen LogP contribution in [0.5, 0.6) is 0 Å². The molecule has 0 aliphatic carbocycles. The van der Waals surface area contributed by atoms with E-state index in [4.69, 9.17) is 10.3 Å². The molecule has 6 heteroatoms. The van der Waals surface area contributed by atoms with Crippen LogP contribution in [0, 0.1) is 5.92 Å². The number of likely N-dealkylation sites (tertiary alicyclic amines) is 1. The molecule has 0 saturated carbocycles. The van der Waals surface area contributed by atoms with E-state index in [9.17, 15) is 0 Å². The van der Waals surface area contributed by atoms with Crippen LogP contribution in [0.2, 0.25) is 0 Å². The Morgan fingerprint density at radius 3 is 2.61 bits per heavy atom. The van der Waals surface area contributed by atoms with Gasteiger partial charge in [0.2, 0.25) is 5.89 Å². The van der Waals surface area contributed by atoms with E-state index < -0.39 is 0 Å². The smallest absolute Gasteiger partial charge is 0.229 e. The second-order valence-electron chi connectivity index (χ2n) is 6.41. The van der Waals surface area contributed by atoms with Crippen molar-refractivity contribution in [2.75, 3.05) is 19.6 Å². The van der Waals surface area contributed by atoms with Crippen LogP contribution in [-0.4, -0.2) is 34.7 Å². The second-order valence-corrected chi connectivity index (χ2v) is 6.41. The summed E-state index contributed by atoms with van der Waals surface area (Å²) >= 11 is 0. The molecule has 2 atom stereocenters. The van der Waals surface area contributed by atoms with E-state index in [1.54, 1.807) is 0 Å². The van der Waals surface area contributed by atoms with Crippen LogP contribution in [0.1, 0.15) is 43.0 Å². The quantitative estimate of drug-likeness (QED) is 0.909. The zero-order chi connectivity index (χ0) is 15.5. The van der Waals surface area contributed by atoms with E-state index in [2.05, 4.69) is 59.2 Å². The van der Waals surface area contributed by atoms with Gasteiger partial charge >= 0.3 is 0 Å². The highest BCUT2D eigenvalue weighted by Gasteiger charge is 2.33. The molecule has 1 aliphatic heterocycles. The first kappa shape index (κ1) is 17.9. The average Bonchev–Trinajstić information content (AvgIpc) is 3.15. The van der Waals surface area contributed by atoms with E-state index in [-0.39, 0.29) is 18.3 Å². The number of halogens is 1. The van der Waals surface area contributed by atoms with Gasteiger partial charge in [-0.3, -0.25) is 4.90 Å². The van der Waals surface area contributed by atoms with Crippen molar-refractivity contribution in [3.8, 4) is 0 Å². The first-order chi connectivity index (χ1) is 10.7. The fourth-order valence-corrected chi connectivity index (χ4v) is 3.17. The minimum atomic E-state index is 0. The standard InChI is InChI=1S/C17H24N4O.ClH/c1-12(2)17-19-16(20-22-17)11-21-9-14(8-18)15(10-21)13-6-4-3-5-7-13;/h3-7,12,14-15H,8-11,18H2,1-2H3;1H/t14-,15+;/m1./s1. The number of nitrogens with zero attached hydrogens (tertiary/aromatic N) is 3. The third kappa shape index (κ3) is 4.10. The molecule has 1 fully saturated rings. The van der Waals surface area contributed by atoms with Crippen molar-refractivity contribution in [3.63, 3.8) is 0 Å². The summed E-state index contributed by atoms with van der Waals surface area (Å²) in [7, 11) is 0. The molecule has 0 radical (unpaired) electrons. The Bertz CT molecular complexity index is 602. The Morgan fingerprint density at radius 2 is 2.00 bits per heavy atom. The number of nitrogens with two attached hydrogens (primary N) is 1. The van der Waals surface area contributed by atoms with Crippen LogP contribution in [0.4, 0.5) is 0 Å². The summed E-state index contributed by atoms with van der Waals surface area (Å²) in [5.74, 6) is 2.73. The van der Waals surface area contributed by atoms with Crippen molar-refractivity contribution in [1.82, 2.24) is 15.0 Å². The van der Waals surface area contributed by atoms with Gasteiger partial charge in [0.1, 0.15) is 0 Å². The van der Waals surface area contributed by atoms with Crippen molar-refractivity contribution in [1.29, 1.82) is 0 Å². The average molecular weight is 337 g/mol. The molecule has 1 aromatic heterocycles. The summed E-state index contributed by atoms with van der Waals surface area (Å²) in [4.78, 5) is 6.85. The van der Waals surface area contributed by atoms with Crippen molar-refractivity contribution in [2.24, 2.45) is 11.7 Å². The molecule has 0 bridgehead atoms. The molecule has 1 saturated heterocycles. The van der Waals surface area contributed by atoms with Crippen LogP contribution in [0.25, 0.3) is 0 Å². The zero-order valence-electron chi connectivity index (χ0n) is 13.7. The highest BCUT2D eigenvalue weighted by atomic mass is 35.5. The van der Waals surface area contributed by atoms with Crippen LogP contribution in [-0.2, 0) is 6.54 Å². The van der Waals surface area contributed by atoms with E-state index in [1.807, 2.05) is 0 Å². The van der Waals surface area contributed by atoms with Crippen molar-refractivity contribution in [3.05, 3.63) is 47.6 Å². The fourth-order valence-electron chi connectivity index (χ4n) is 3.17. The lowest BCUT2D eigenvalue weighted by Crippen LogP contribution is -2.23. The Balaban J connectivity index is 0.00000192. The summed E-state index contributed by atoms with van der Waals surface area (Å²) in [6.45, 7) is 7.54. The van der Waals surface area contributed by atoms with Gasteiger partial charge in [-0.1, -0.05) is 49.3 Å². The van der Waals surface area contributed by atoms with Gasteiger partial charge in [-0.25, -0.2) is 0 Å². The molecule has 0 unspecified atom stereocenters. The molecule has 1 aromatic carbocycles. The monoisotopic (exact) mass is 336 g/mol. The Kier molecular flexibility index (Phi) is 6.16. The molecule has 2 heterocycles. The minimum Gasteiger partial charge on any atom is -0.339 e. The van der Waals surface area contributed by atoms with E-state index in [1.165, 1.54) is 5.56 Å². The van der Waals surface area contributed by atoms with Gasteiger partial charge in [0.15, 0.2) is 5.82 Å². The van der Waals surface area contributed by atoms with Gasteiger partial charge in [0.25, 0.3) is 0 Å². The van der Waals surface area contributed by atoms with E-state index in [0.717, 1.165) is 25.5 Å². The molecule has 5 nitrogen and oxygen atoms in total. The lowest BCUT2D eigenvalue weighted by molar-refractivity contribution is 0.297. The molecule has 0 spiro atoms. The third-order valence-corrected chi connectivity index (χ3v) is 4.39. The number of hydrogen-bond acceptors (Lipinski definition) is 5. The predicted molar refractivity (Wildman–Crippen MR) is 92.6 cm³/mol. The van der Waals surface area contributed by atoms with Crippen molar-refractivity contribution < 1.29 is 4.52 Å². The highest BCUT2D eigenvalue weighted by molar-refractivity contribution is 5.85. The van der Waals surface area contributed by atoms with Crippen LogP contribution < -0.4 is 5.73 Å². The molecular formula is C17H25ClN4O. The van der Waals surface area contributed by atoms with Gasteiger partial charge in [-0.2, -0.15) is 4.98 Å². The number of aromatic nitrogens is 2. The fraction of sp³-hybridized carbons (Fsp3) is 0.529. The lowest BCUT2D eigenvalue weighted by atomic mass is 9.89. The molecule has 3 rings (SSSR count). The summed E-state index contributed by atoms with van der Waals surface area (Å²) in [6.07, 6.45) is 0. The summed E-state index contributed by atoms with van der Waals surface area (Å²) < 4.78 is 5.29. The van der Waals surface area contributed by atoms with Gasteiger partial charge in [-0.15, -0.1) is 12.4 Å². The van der Waals surface area contributed by atoms with Gasteiger partial charge < -0.3 is 10.3 Å². The number of rotatable bonds is 5. The third-order valence-electron chi connectivity index (χ3n) is 4.39. The van der Waals surface area contributed by atoms with Crippen LogP contribution >= 0.6 is 12.4 Å². The molecule has 2 N–H and O–H groups in total. The van der Waals surface area contributed by atoms with Crippen molar-refractivity contribution >= 4 is 12.4 Å². The maximum Gasteiger partial charge on any atom is 0.229 e. The summed E-state index contributed by atoms with van der Waals surface area (Å²) in [6, 6.07) is 10.6. The number of benzene rings is 1. The summed E-state index contributed by atoms with van der Waals surface area (Å²) in [5.41, 5.74) is 7.36. The highest BCUT2D eigenvalue weighted by Crippen LogP contribution is 2.32. The minimum absolute atomic E-state index is 0. The zero-order valence-corrected chi connectivity index (χ0v) is 14.5. The van der Waals surface area contributed by atoms with E-state index >= 15 is 0 Å². The molecular weight excluding hydrogens is 312 g/mol. The molecule has 126 valence electrons.